The molecule has 0 saturated carbocycles. The molecule has 3 aromatic carbocycles. The number of nitro groups is 1. The quantitative estimate of drug-likeness (QED) is 0.255. The smallest absolute Gasteiger partial charge is 0.407 e. The van der Waals surface area contributed by atoms with Crippen LogP contribution in [0.4, 0.5) is 10.8 Å². The molecule has 0 radical (unpaired) electrons. The van der Waals surface area contributed by atoms with Crippen molar-refractivity contribution in [2.24, 2.45) is 0 Å². The molecule has 0 aliphatic carbocycles. The number of amides is 1. The van der Waals surface area contributed by atoms with Crippen molar-refractivity contribution < 1.29 is 14.1 Å². The Labute approximate surface area is 196 Å². The van der Waals surface area contributed by atoms with E-state index in [9.17, 15) is 19.7 Å². The lowest BCUT2D eigenvalue weighted by Crippen LogP contribution is -2.37. The van der Waals surface area contributed by atoms with Crippen LogP contribution in [-0.4, -0.2) is 26.9 Å². The molecular weight excluding hydrogens is 456 g/mol. The number of nitrogens with zero attached hydrogens (tertiary/aromatic N) is 4. The van der Waals surface area contributed by atoms with Crippen LogP contribution in [0, 0.1) is 10.1 Å². The molecule has 0 aliphatic heterocycles. The molecule has 1 amide bonds. The van der Waals surface area contributed by atoms with Gasteiger partial charge in [0, 0.05) is 12.6 Å². The predicted octanol–water partition coefficient (Wildman–Crippen LogP) is 4.39. The number of anilines is 1. The number of nitro benzene ring substituents is 1. The van der Waals surface area contributed by atoms with Crippen LogP contribution in [0.25, 0.3) is 21.3 Å². The van der Waals surface area contributed by atoms with Gasteiger partial charge in [-0.15, -0.1) is 0 Å². The van der Waals surface area contributed by atoms with Gasteiger partial charge in [0.2, 0.25) is 5.91 Å². The summed E-state index contributed by atoms with van der Waals surface area (Å²) in [5.74, 6) is -1.09. The van der Waals surface area contributed by atoms with E-state index in [1.807, 2.05) is 54.6 Å². The number of oxazole rings is 1. The Bertz CT molecular complexity index is 1540. The van der Waals surface area contributed by atoms with Crippen molar-refractivity contribution in [2.45, 2.75) is 13.0 Å². The largest absolute Gasteiger partial charge is 0.420 e. The molecule has 0 N–H and O–H groups in total. The molecule has 34 heavy (non-hydrogen) atoms. The summed E-state index contributed by atoms with van der Waals surface area (Å²) in [4.78, 5) is 42.6. The van der Waals surface area contributed by atoms with Crippen LogP contribution in [0.5, 0.6) is 0 Å². The van der Waals surface area contributed by atoms with Crippen molar-refractivity contribution in [2.75, 3.05) is 11.4 Å². The summed E-state index contributed by atoms with van der Waals surface area (Å²) in [6.07, 6.45) is 0.607. The summed E-state index contributed by atoms with van der Waals surface area (Å²) in [5.41, 5.74) is 2.04. The first kappa shape index (κ1) is 21.5. The van der Waals surface area contributed by atoms with Gasteiger partial charge in [0.05, 0.1) is 26.7 Å². The molecular formula is C24H18N4O5S. The Morgan fingerprint density at radius 1 is 1.09 bits per heavy atom. The lowest BCUT2D eigenvalue weighted by Gasteiger charge is -2.20. The normalized spacial score (nSPS) is 11.2. The highest BCUT2D eigenvalue weighted by molar-refractivity contribution is 7.22. The molecule has 0 bridgehead atoms. The minimum absolute atomic E-state index is 0.0582. The van der Waals surface area contributed by atoms with Gasteiger partial charge < -0.3 is 4.42 Å². The number of fused-ring (bicyclic) bond motifs is 2. The maximum atomic E-state index is 13.5. The van der Waals surface area contributed by atoms with E-state index < -0.39 is 10.7 Å². The third kappa shape index (κ3) is 4.18. The molecule has 9 nitrogen and oxygen atoms in total. The van der Waals surface area contributed by atoms with Gasteiger partial charge in [-0.05, 0) is 30.2 Å². The Hall–Kier alpha value is -4.31. The maximum absolute atomic E-state index is 13.5. The average Bonchev–Trinajstić information content (AvgIpc) is 3.40. The summed E-state index contributed by atoms with van der Waals surface area (Å²) >= 11 is 1.40. The summed E-state index contributed by atoms with van der Waals surface area (Å²) in [5, 5.41) is 11.6. The number of para-hydroxylation sites is 1. The van der Waals surface area contributed by atoms with Gasteiger partial charge in [-0.3, -0.25) is 24.4 Å². The first-order chi connectivity index (χ1) is 16.5. The third-order valence-electron chi connectivity index (χ3n) is 5.44. The van der Waals surface area contributed by atoms with E-state index in [-0.39, 0.29) is 23.7 Å². The van der Waals surface area contributed by atoms with Crippen LogP contribution in [-0.2, 0) is 17.8 Å². The first-order valence-corrected chi connectivity index (χ1v) is 11.3. The summed E-state index contributed by atoms with van der Waals surface area (Å²) < 4.78 is 7.31. The second-order valence-electron chi connectivity index (χ2n) is 7.61. The highest BCUT2D eigenvalue weighted by Gasteiger charge is 2.23. The fraction of sp³-hybridized carbons (Fsp3) is 0.125. The molecule has 2 heterocycles. The Morgan fingerprint density at radius 3 is 2.62 bits per heavy atom. The Morgan fingerprint density at radius 2 is 1.85 bits per heavy atom. The maximum Gasteiger partial charge on any atom is 0.420 e. The van der Waals surface area contributed by atoms with Gasteiger partial charge in [-0.2, -0.15) is 0 Å². The van der Waals surface area contributed by atoms with Crippen LogP contribution in [0.1, 0.15) is 5.56 Å². The second-order valence-corrected chi connectivity index (χ2v) is 8.62. The number of hydrogen-bond acceptors (Lipinski definition) is 7. The van der Waals surface area contributed by atoms with E-state index in [0.717, 1.165) is 15.8 Å². The summed E-state index contributed by atoms with van der Waals surface area (Å²) in [7, 11) is 0. The molecule has 0 aliphatic rings. The minimum atomic E-state index is -0.754. The summed E-state index contributed by atoms with van der Waals surface area (Å²) in [6.45, 7) is 0.0903. The number of benzene rings is 3. The number of hydrogen-bond donors (Lipinski definition) is 0. The zero-order chi connectivity index (χ0) is 23.7. The van der Waals surface area contributed by atoms with E-state index in [4.69, 9.17) is 4.42 Å². The van der Waals surface area contributed by atoms with Crippen LogP contribution in [0.2, 0.25) is 0 Å². The lowest BCUT2D eigenvalue weighted by molar-refractivity contribution is -0.384. The molecule has 0 fully saturated rings. The van der Waals surface area contributed by atoms with E-state index in [2.05, 4.69) is 4.98 Å². The standard InChI is InChI=1S/C24H18N4O5S/c29-22(15-27-19-11-10-17(28(31)32)14-20(19)33-24(27)30)26(13-12-16-6-2-1-3-7-16)23-25-18-8-4-5-9-21(18)34-23/h1-11,14H,12-13,15H2. The van der Waals surface area contributed by atoms with Crippen molar-refractivity contribution in [3.63, 3.8) is 0 Å². The van der Waals surface area contributed by atoms with Crippen LogP contribution >= 0.6 is 11.3 Å². The van der Waals surface area contributed by atoms with Gasteiger partial charge in [0.1, 0.15) is 6.54 Å². The molecule has 170 valence electrons. The van der Waals surface area contributed by atoms with Gasteiger partial charge in [0.25, 0.3) is 5.69 Å². The Kier molecular flexibility index (Phi) is 5.64. The molecule has 2 aromatic heterocycles. The van der Waals surface area contributed by atoms with E-state index in [1.54, 1.807) is 4.90 Å². The van der Waals surface area contributed by atoms with Crippen LogP contribution in [0.15, 0.2) is 82.0 Å². The zero-order valence-electron chi connectivity index (χ0n) is 17.8. The monoisotopic (exact) mass is 474 g/mol. The van der Waals surface area contributed by atoms with Crippen molar-refractivity contribution in [3.8, 4) is 0 Å². The number of carbonyl (C=O) groups is 1. The second kappa shape index (κ2) is 8.91. The fourth-order valence-corrected chi connectivity index (χ4v) is 4.74. The topological polar surface area (TPSA) is 111 Å². The lowest BCUT2D eigenvalue weighted by atomic mass is 10.1. The molecule has 0 atom stereocenters. The highest BCUT2D eigenvalue weighted by Crippen LogP contribution is 2.29. The molecule has 0 saturated heterocycles. The zero-order valence-corrected chi connectivity index (χ0v) is 18.6. The molecule has 10 heteroatoms. The van der Waals surface area contributed by atoms with Crippen molar-refractivity contribution in [3.05, 3.63) is 99.0 Å². The molecule has 0 spiro atoms. The van der Waals surface area contributed by atoms with Crippen LogP contribution in [0.3, 0.4) is 0 Å². The fourth-order valence-electron chi connectivity index (χ4n) is 3.73. The van der Waals surface area contributed by atoms with Gasteiger partial charge in [0.15, 0.2) is 10.7 Å². The first-order valence-electron chi connectivity index (χ1n) is 10.5. The van der Waals surface area contributed by atoms with Crippen molar-refractivity contribution in [1.29, 1.82) is 0 Å². The van der Waals surface area contributed by atoms with Gasteiger partial charge in [-0.1, -0.05) is 53.8 Å². The van der Waals surface area contributed by atoms with Crippen molar-refractivity contribution >= 4 is 49.4 Å². The van der Waals surface area contributed by atoms with E-state index in [0.29, 0.717) is 23.6 Å². The average molecular weight is 474 g/mol. The van der Waals surface area contributed by atoms with E-state index in [1.165, 1.54) is 34.1 Å². The van der Waals surface area contributed by atoms with Gasteiger partial charge >= 0.3 is 5.76 Å². The van der Waals surface area contributed by atoms with Crippen molar-refractivity contribution in [1.82, 2.24) is 9.55 Å². The number of non-ortho nitro benzene ring substituents is 1. The van der Waals surface area contributed by atoms with Crippen LogP contribution < -0.4 is 10.7 Å². The van der Waals surface area contributed by atoms with Gasteiger partial charge in [-0.25, -0.2) is 9.78 Å². The number of aromatic nitrogens is 2. The molecule has 0 unspecified atom stereocenters. The minimum Gasteiger partial charge on any atom is -0.407 e. The predicted molar refractivity (Wildman–Crippen MR) is 129 cm³/mol. The highest BCUT2D eigenvalue weighted by atomic mass is 32.1. The third-order valence-corrected chi connectivity index (χ3v) is 6.50. The van der Waals surface area contributed by atoms with E-state index >= 15 is 0 Å². The Balaban J connectivity index is 1.48. The number of thiazole rings is 1. The molecule has 5 rings (SSSR count). The SMILES string of the molecule is O=C(Cn1c(=O)oc2cc([N+](=O)[O-])ccc21)N(CCc1ccccc1)c1nc2ccccc2s1. The molecule has 5 aromatic rings. The summed E-state index contributed by atoms with van der Waals surface area (Å²) in [6, 6.07) is 21.3. The number of rotatable bonds is 7. The number of carbonyl (C=O) groups excluding carboxylic acids is 1.